The molecule has 0 saturated carbocycles. The number of esters is 1. The van der Waals surface area contributed by atoms with Gasteiger partial charge in [-0.2, -0.15) is 0 Å². The summed E-state index contributed by atoms with van der Waals surface area (Å²) in [5, 5.41) is 137. The second-order valence-electron chi connectivity index (χ2n) is 15.5. The number of aliphatic hydroxyl groups is 9. The summed E-state index contributed by atoms with van der Waals surface area (Å²) in [6.07, 6.45) is -22.6. The van der Waals surface area contributed by atoms with Gasteiger partial charge < -0.3 is 109 Å². The second kappa shape index (κ2) is 19.9. The molecule has 65 heavy (non-hydrogen) atoms. The Balaban J connectivity index is 1.10. The van der Waals surface area contributed by atoms with E-state index in [0.717, 1.165) is 24.3 Å². The number of carbonyl (C=O) groups is 1. The summed E-state index contributed by atoms with van der Waals surface area (Å²) in [4.78, 5) is 12.5. The molecule has 1 unspecified atom stereocenters. The van der Waals surface area contributed by atoms with Crippen LogP contribution in [0.3, 0.4) is 0 Å². The van der Waals surface area contributed by atoms with E-state index in [1.165, 1.54) is 49.6 Å². The normalized spacial score (nSPS) is 33.7. The molecule has 3 saturated heterocycles. The zero-order valence-corrected chi connectivity index (χ0v) is 34.1. The molecule has 15 atom stereocenters. The van der Waals surface area contributed by atoms with Crippen molar-refractivity contribution in [2.24, 2.45) is 0 Å². The topological polar surface area (TPSA) is 367 Å². The lowest BCUT2D eigenvalue weighted by Gasteiger charge is -2.46. The monoisotopic (exact) mass is 921 g/mol. The first-order valence-corrected chi connectivity index (χ1v) is 20.0. The smallest absolute Gasteiger partial charge is 0.330 e. The van der Waals surface area contributed by atoms with E-state index in [1.807, 2.05) is 0 Å². The van der Waals surface area contributed by atoms with E-state index < -0.39 is 135 Å². The van der Waals surface area contributed by atoms with Crippen molar-refractivity contribution < 1.29 is 114 Å². The van der Waals surface area contributed by atoms with E-state index in [4.69, 9.17) is 37.9 Å². The molecule has 0 radical (unpaired) electrons. The van der Waals surface area contributed by atoms with Crippen molar-refractivity contribution in [3.8, 4) is 40.2 Å². The zero-order valence-electron chi connectivity index (χ0n) is 34.1. The minimum Gasteiger partial charge on any atom is -0.571 e. The number of phenols is 5. The van der Waals surface area contributed by atoms with Crippen LogP contribution in [0.4, 0.5) is 0 Å². The third-order valence-corrected chi connectivity index (χ3v) is 11.0. The molecular weight excluding hydrogens is 872 g/mol. The number of benzene rings is 3. The van der Waals surface area contributed by atoms with Gasteiger partial charge >= 0.3 is 5.97 Å². The molecule has 23 nitrogen and oxygen atoms in total. The van der Waals surface area contributed by atoms with Crippen LogP contribution in [0.5, 0.6) is 40.2 Å². The highest BCUT2D eigenvalue weighted by molar-refractivity contribution is 5.87. The fourth-order valence-electron chi connectivity index (χ4n) is 7.36. The highest BCUT2D eigenvalue weighted by atomic mass is 16.8. The Morgan fingerprint density at radius 1 is 0.723 bits per heavy atom. The van der Waals surface area contributed by atoms with Crippen molar-refractivity contribution in [1.29, 1.82) is 0 Å². The first-order valence-electron chi connectivity index (χ1n) is 20.0. The maximum absolute atomic E-state index is 12.5. The minimum atomic E-state index is -2.01. The SMILES string of the molecule is COc1cc(/C=C/C(=O)OC[C@H]2O[C@@H](OC[C@H]3O[C@@H](OC4=Cc5c(O)cc(O)cc5[OH+]C4c4ccc(O)c(O)c4)[C@@H](O[C@H]4OC[C@@H](O)[C@@H](O)[C@H]4O)[C@@H](O)[C@H]3O)[C@H](O)[C@@H](O)[C@@H]2O)ccc1O. The Kier molecular flexibility index (Phi) is 14.5. The third kappa shape index (κ3) is 10.3. The van der Waals surface area contributed by atoms with E-state index >= 15 is 0 Å². The molecule has 0 spiro atoms. The van der Waals surface area contributed by atoms with Crippen LogP contribution in [0.1, 0.15) is 22.8 Å². The summed E-state index contributed by atoms with van der Waals surface area (Å²) in [5.74, 6) is -2.80. The number of rotatable bonds is 13. The van der Waals surface area contributed by atoms with E-state index in [-0.39, 0.29) is 39.9 Å². The predicted molar refractivity (Wildman–Crippen MR) is 214 cm³/mol. The molecule has 354 valence electrons. The molecule has 4 aliphatic rings. The molecule has 3 aromatic rings. The Hall–Kier alpha value is -5.51. The van der Waals surface area contributed by atoms with Crippen molar-refractivity contribution in [2.45, 2.75) is 92.1 Å². The summed E-state index contributed by atoms with van der Waals surface area (Å²) in [6.45, 7) is -1.93. The van der Waals surface area contributed by atoms with E-state index in [9.17, 15) is 71.2 Å². The van der Waals surface area contributed by atoms with Gasteiger partial charge in [0.05, 0.1) is 32.0 Å². The molecule has 3 aromatic carbocycles. The second-order valence-corrected chi connectivity index (χ2v) is 15.5. The summed E-state index contributed by atoms with van der Waals surface area (Å²) < 4.78 is 49.7. The lowest BCUT2D eigenvalue weighted by molar-refractivity contribution is -0.360. The number of hydrogen-bond donors (Lipinski definition) is 13. The van der Waals surface area contributed by atoms with Gasteiger partial charge in [-0.25, -0.2) is 4.79 Å². The fraction of sp³-hybridized carbons (Fsp3) is 0.452. The third-order valence-electron chi connectivity index (χ3n) is 11.0. The molecule has 0 aliphatic carbocycles. The summed E-state index contributed by atoms with van der Waals surface area (Å²) >= 11 is 0. The number of carbonyl (C=O) groups excluding carboxylic acids is 1. The van der Waals surface area contributed by atoms with Gasteiger partial charge in [0.25, 0.3) is 11.9 Å². The van der Waals surface area contributed by atoms with Crippen molar-refractivity contribution >= 4 is 18.1 Å². The number of methoxy groups -OCH3 is 1. The van der Waals surface area contributed by atoms with E-state index in [1.54, 1.807) is 0 Å². The first-order chi connectivity index (χ1) is 30.9. The van der Waals surface area contributed by atoms with Crippen LogP contribution < -0.4 is 4.74 Å². The van der Waals surface area contributed by atoms with Gasteiger partial charge in [-0.1, -0.05) is 6.07 Å². The summed E-state index contributed by atoms with van der Waals surface area (Å²) in [5.41, 5.74) is 0.690. The highest BCUT2D eigenvalue weighted by Gasteiger charge is 2.52. The molecule has 4 aliphatic heterocycles. The van der Waals surface area contributed by atoms with Crippen LogP contribution in [-0.2, 0) is 38.0 Å². The van der Waals surface area contributed by atoms with Gasteiger partial charge in [-0.05, 0) is 42.0 Å². The Morgan fingerprint density at radius 3 is 2.15 bits per heavy atom. The van der Waals surface area contributed by atoms with Crippen LogP contribution in [-0.4, -0.2) is 190 Å². The van der Waals surface area contributed by atoms with Gasteiger partial charge in [0.15, 0.2) is 47.4 Å². The molecule has 3 fully saturated rings. The average molecular weight is 922 g/mol. The summed E-state index contributed by atoms with van der Waals surface area (Å²) in [7, 11) is 1.35. The van der Waals surface area contributed by atoms with Crippen LogP contribution in [0.2, 0.25) is 0 Å². The molecule has 14 N–H and O–H groups in total. The van der Waals surface area contributed by atoms with Gasteiger partial charge in [-0.3, -0.25) is 0 Å². The zero-order chi connectivity index (χ0) is 46.9. The number of fused-ring (bicyclic) bond motifs is 1. The molecule has 0 aromatic heterocycles. The Bertz CT molecular complexity index is 2220. The lowest BCUT2D eigenvalue weighted by atomic mass is 9.97. The van der Waals surface area contributed by atoms with Gasteiger partial charge in [0.1, 0.15) is 84.7 Å². The summed E-state index contributed by atoms with van der Waals surface area (Å²) in [6, 6.07) is 10.2. The number of ether oxygens (including phenoxy) is 9. The Labute approximate surface area is 367 Å². The first kappa shape index (κ1) is 47.5. The number of aromatic hydroxyl groups is 6. The fourth-order valence-corrected chi connectivity index (χ4v) is 7.36. The van der Waals surface area contributed by atoms with Gasteiger partial charge in [-0.15, -0.1) is 0 Å². The Morgan fingerprint density at radius 2 is 1.42 bits per heavy atom. The molecule has 4 heterocycles. The van der Waals surface area contributed by atoms with Gasteiger partial charge in [0.2, 0.25) is 6.29 Å². The molecular formula is C42H49O23+. The van der Waals surface area contributed by atoms with Crippen LogP contribution in [0, 0.1) is 0 Å². The average Bonchev–Trinajstić information content (AvgIpc) is 3.28. The standard InChI is InChI=1S/C42H48O23/c1-57-26-8-16(2-5-21(26)45)3-7-30(49)58-14-28-32(51)34(53)37(56)40(63-28)60-15-29-33(52)35(54)39(65-41-36(55)31(50)24(48)13-59-41)42(64-29)62-27-12-19-22(46)10-18(43)11-25(19)61-38(27)17-4-6-20(44)23(47)9-17/h2-12,24,28-29,31-48,50-56H,13-15H2,1H3/p+1/b7-3+/t24-,28-,29-,31-,32-,33+,34+,35+,36-,37-,38?,39+,40-,41-,42-/m1/s1. The predicted octanol–water partition coefficient (Wildman–Crippen LogP) is -2.07. The molecule has 0 bridgehead atoms. The van der Waals surface area contributed by atoms with E-state index in [0.29, 0.717) is 5.56 Å². The van der Waals surface area contributed by atoms with Crippen molar-refractivity contribution in [3.05, 3.63) is 77.1 Å². The van der Waals surface area contributed by atoms with Crippen molar-refractivity contribution in [2.75, 3.05) is 26.9 Å². The van der Waals surface area contributed by atoms with Crippen LogP contribution in [0.15, 0.2) is 60.4 Å². The van der Waals surface area contributed by atoms with E-state index in [2.05, 4.69) is 4.74 Å². The maximum atomic E-state index is 12.5. The number of phenolic OH excluding ortho intramolecular Hbond substituents is 5. The van der Waals surface area contributed by atoms with Crippen molar-refractivity contribution in [1.82, 2.24) is 0 Å². The lowest BCUT2D eigenvalue weighted by Crippen LogP contribution is -2.64. The number of hydrogen-bond acceptors (Lipinski definition) is 22. The van der Waals surface area contributed by atoms with Crippen LogP contribution >= 0.6 is 0 Å². The number of aliphatic hydroxyl groups excluding tert-OH is 8. The maximum Gasteiger partial charge on any atom is 0.330 e. The van der Waals surface area contributed by atoms with Crippen LogP contribution in [0.25, 0.3) is 12.2 Å². The van der Waals surface area contributed by atoms with Crippen molar-refractivity contribution in [3.63, 3.8) is 0 Å². The molecule has 0 amide bonds. The molecule has 23 heteroatoms. The quantitative estimate of drug-likeness (QED) is 0.0379. The van der Waals surface area contributed by atoms with Gasteiger partial charge in [0, 0.05) is 18.2 Å². The largest absolute Gasteiger partial charge is 0.571 e. The highest BCUT2D eigenvalue weighted by Crippen LogP contribution is 2.46. The minimum absolute atomic E-state index is 0.0346. The molecule has 7 rings (SSSR count).